The van der Waals surface area contributed by atoms with E-state index in [2.05, 4.69) is 0 Å². The fourth-order valence-corrected chi connectivity index (χ4v) is 1.64. The summed E-state index contributed by atoms with van der Waals surface area (Å²) in [6.45, 7) is 0. The molecule has 6 heteroatoms. The van der Waals surface area contributed by atoms with E-state index in [1.807, 2.05) is 0 Å². The minimum absolute atomic E-state index is 0.0894. The molecule has 0 bridgehead atoms. The molecule has 0 spiro atoms. The number of hydrogen-bond donors (Lipinski definition) is 1. The van der Waals surface area contributed by atoms with Crippen molar-refractivity contribution in [3.63, 3.8) is 0 Å². The highest BCUT2D eigenvalue weighted by molar-refractivity contribution is 7.89. The second kappa shape index (κ2) is 4.08. The van der Waals surface area contributed by atoms with Gasteiger partial charge in [0.1, 0.15) is 0 Å². The van der Waals surface area contributed by atoms with Gasteiger partial charge < -0.3 is 0 Å². The number of sulfonamides is 1. The average molecular weight is 234 g/mol. The Hall–Kier alpha value is -0.910. The fraction of sp³-hybridized carbons (Fsp3) is 0.125. The van der Waals surface area contributed by atoms with Crippen molar-refractivity contribution in [3.05, 3.63) is 29.8 Å². The zero-order valence-electron chi connectivity index (χ0n) is 7.10. The second-order valence-corrected chi connectivity index (χ2v) is 4.46. The van der Waals surface area contributed by atoms with Crippen molar-refractivity contribution in [3.8, 4) is 0 Å². The third kappa shape index (κ3) is 2.54. The number of halogens is 1. The lowest BCUT2D eigenvalue weighted by molar-refractivity contribution is 0.102. The van der Waals surface area contributed by atoms with Crippen LogP contribution in [0.15, 0.2) is 29.2 Å². The van der Waals surface area contributed by atoms with E-state index >= 15 is 0 Å². The van der Waals surface area contributed by atoms with E-state index in [0.717, 1.165) is 0 Å². The summed E-state index contributed by atoms with van der Waals surface area (Å²) in [7, 11) is -3.76. The van der Waals surface area contributed by atoms with Crippen LogP contribution in [0.25, 0.3) is 0 Å². The normalized spacial score (nSPS) is 11.3. The highest BCUT2D eigenvalue weighted by Crippen LogP contribution is 2.10. The number of carbonyl (C=O) groups is 1. The largest absolute Gasteiger partial charge is 0.293 e. The van der Waals surface area contributed by atoms with Gasteiger partial charge in [-0.25, -0.2) is 13.6 Å². The molecular weight excluding hydrogens is 226 g/mol. The van der Waals surface area contributed by atoms with Crippen molar-refractivity contribution in [2.24, 2.45) is 5.14 Å². The zero-order valence-corrected chi connectivity index (χ0v) is 8.68. The lowest BCUT2D eigenvalue weighted by Gasteiger charge is -2.00. The van der Waals surface area contributed by atoms with E-state index < -0.39 is 10.0 Å². The Bertz CT molecular complexity index is 455. The Labute approximate surface area is 86.7 Å². The lowest BCUT2D eigenvalue weighted by Crippen LogP contribution is -2.13. The monoisotopic (exact) mass is 233 g/mol. The standard InChI is InChI=1S/C8H8ClNO3S/c9-5-8(11)6-2-1-3-7(4-6)14(10,12)13/h1-4H,5H2,(H2,10,12,13). The predicted molar refractivity (Wildman–Crippen MR) is 52.9 cm³/mol. The highest BCUT2D eigenvalue weighted by Gasteiger charge is 2.10. The molecule has 0 aliphatic rings. The number of hydrogen-bond acceptors (Lipinski definition) is 3. The van der Waals surface area contributed by atoms with Gasteiger partial charge in [-0.15, -0.1) is 11.6 Å². The quantitative estimate of drug-likeness (QED) is 0.618. The molecule has 0 aliphatic carbocycles. The number of benzene rings is 1. The molecule has 76 valence electrons. The summed E-state index contributed by atoms with van der Waals surface area (Å²) >= 11 is 5.32. The van der Waals surface area contributed by atoms with Crippen molar-refractivity contribution in [2.45, 2.75) is 4.90 Å². The molecule has 2 N–H and O–H groups in total. The topological polar surface area (TPSA) is 77.2 Å². The van der Waals surface area contributed by atoms with Gasteiger partial charge in [-0.1, -0.05) is 12.1 Å². The number of alkyl halides is 1. The van der Waals surface area contributed by atoms with Gasteiger partial charge in [-0.3, -0.25) is 4.79 Å². The summed E-state index contributed by atoms with van der Waals surface area (Å²) in [5.74, 6) is -0.522. The number of ketones is 1. The van der Waals surface area contributed by atoms with Crippen LogP contribution in [0.5, 0.6) is 0 Å². The third-order valence-electron chi connectivity index (χ3n) is 1.61. The first-order valence-electron chi connectivity index (χ1n) is 3.67. The summed E-state index contributed by atoms with van der Waals surface area (Å²) in [5.41, 5.74) is 0.242. The van der Waals surface area contributed by atoms with Gasteiger partial charge in [-0.05, 0) is 12.1 Å². The van der Waals surface area contributed by atoms with Gasteiger partial charge in [0.05, 0.1) is 10.8 Å². The van der Waals surface area contributed by atoms with Crippen LogP contribution in [0, 0.1) is 0 Å². The van der Waals surface area contributed by atoms with Gasteiger partial charge >= 0.3 is 0 Å². The molecule has 0 saturated heterocycles. The molecule has 0 aromatic heterocycles. The zero-order chi connectivity index (χ0) is 10.8. The Balaban J connectivity index is 3.21. The smallest absolute Gasteiger partial charge is 0.238 e. The van der Waals surface area contributed by atoms with Crippen LogP contribution in [-0.4, -0.2) is 20.1 Å². The Morgan fingerprint density at radius 3 is 2.57 bits per heavy atom. The van der Waals surface area contributed by atoms with Crippen LogP contribution in [-0.2, 0) is 10.0 Å². The summed E-state index contributed by atoms with van der Waals surface area (Å²) in [5, 5.41) is 4.90. The highest BCUT2D eigenvalue weighted by atomic mass is 35.5. The number of carbonyl (C=O) groups excluding carboxylic acids is 1. The number of rotatable bonds is 3. The molecule has 1 rings (SSSR count). The van der Waals surface area contributed by atoms with Gasteiger partial charge in [0, 0.05) is 5.56 Å². The van der Waals surface area contributed by atoms with E-state index in [1.165, 1.54) is 24.3 Å². The molecule has 1 aromatic carbocycles. The van der Waals surface area contributed by atoms with Crippen molar-refractivity contribution >= 4 is 27.4 Å². The van der Waals surface area contributed by atoms with Crippen LogP contribution >= 0.6 is 11.6 Å². The summed E-state index contributed by atoms with van der Waals surface area (Å²) in [6, 6.07) is 5.46. The molecule has 4 nitrogen and oxygen atoms in total. The Morgan fingerprint density at radius 2 is 2.07 bits per heavy atom. The van der Waals surface area contributed by atoms with E-state index in [0.29, 0.717) is 0 Å². The second-order valence-electron chi connectivity index (χ2n) is 2.63. The molecule has 0 aliphatic heterocycles. The fourth-order valence-electron chi connectivity index (χ4n) is 0.924. The van der Waals surface area contributed by atoms with Crippen molar-refractivity contribution < 1.29 is 13.2 Å². The van der Waals surface area contributed by atoms with E-state index in [1.54, 1.807) is 0 Å². The summed E-state index contributed by atoms with van der Waals surface area (Å²) in [6.07, 6.45) is 0. The number of Topliss-reactive ketones (excluding diaryl/α,β-unsaturated/α-hetero) is 1. The maximum atomic E-state index is 11.1. The SMILES string of the molecule is NS(=O)(=O)c1cccc(C(=O)CCl)c1. The first-order chi connectivity index (χ1) is 6.45. The Morgan fingerprint density at radius 1 is 1.43 bits per heavy atom. The molecule has 0 unspecified atom stereocenters. The first kappa shape index (κ1) is 11.2. The molecule has 0 heterocycles. The van der Waals surface area contributed by atoms with Crippen LogP contribution in [0.2, 0.25) is 0 Å². The van der Waals surface area contributed by atoms with Gasteiger partial charge in [0.2, 0.25) is 10.0 Å². The average Bonchev–Trinajstić information content (AvgIpc) is 2.15. The van der Waals surface area contributed by atoms with Gasteiger partial charge in [0.15, 0.2) is 5.78 Å². The minimum atomic E-state index is -3.76. The molecule has 0 saturated carbocycles. The van der Waals surface area contributed by atoms with Crippen LogP contribution in [0.4, 0.5) is 0 Å². The lowest BCUT2D eigenvalue weighted by atomic mass is 10.1. The molecule has 0 radical (unpaired) electrons. The molecule has 14 heavy (non-hydrogen) atoms. The number of nitrogens with two attached hydrogens (primary N) is 1. The molecule has 1 aromatic rings. The van der Waals surface area contributed by atoms with Crippen molar-refractivity contribution in [1.82, 2.24) is 0 Å². The van der Waals surface area contributed by atoms with E-state index in [4.69, 9.17) is 16.7 Å². The molecule has 0 fully saturated rings. The maximum absolute atomic E-state index is 11.1. The van der Waals surface area contributed by atoms with Crippen LogP contribution < -0.4 is 5.14 Å². The van der Waals surface area contributed by atoms with E-state index in [-0.39, 0.29) is 22.1 Å². The van der Waals surface area contributed by atoms with Crippen LogP contribution in [0.1, 0.15) is 10.4 Å². The summed E-state index contributed by atoms with van der Waals surface area (Å²) < 4.78 is 21.9. The van der Waals surface area contributed by atoms with Crippen molar-refractivity contribution in [2.75, 3.05) is 5.88 Å². The van der Waals surface area contributed by atoms with Crippen molar-refractivity contribution in [1.29, 1.82) is 0 Å². The third-order valence-corrected chi connectivity index (χ3v) is 2.76. The number of primary sulfonamides is 1. The van der Waals surface area contributed by atoms with Gasteiger partial charge in [0.25, 0.3) is 0 Å². The first-order valence-corrected chi connectivity index (χ1v) is 5.75. The molecule has 0 atom stereocenters. The molecular formula is C8H8ClNO3S. The molecule has 0 amide bonds. The van der Waals surface area contributed by atoms with E-state index in [9.17, 15) is 13.2 Å². The van der Waals surface area contributed by atoms with Gasteiger partial charge in [-0.2, -0.15) is 0 Å². The minimum Gasteiger partial charge on any atom is -0.293 e. The maximum Gasteiger partial charge on any atom is 0.238 e. The summed E-state index contributed by atoms with van der Waals surface area (Å²) in [4.78, 5) is 11.0. The van der Waals surface area contributed by atoms with Crippen LogP contribution in [0.3, 0.4) is 0 Å². The Kier molecular flexibility index (Phi) is 3.25. The predicted octanol–water partition coefficient (Wildman–Crippen LogP) is 0.756.